The Morgan fingerprint density at radius 2 is 2.20 bits per heavy atom. The Morgan fingerprint density at radius 1 is 1.50 bits per heavy atom. The van der Waals surface area contributed by atoms with Crippen molar-refractivity contribution in [3.63, 3.8) is 0 Å². The summed E-state index contributed by atoms with van der Waals surface area (Å²) in [6.07, 6.45) is 5.90. The van der Waals surface area contributed by atoms with Gasteiger partial charge in [-0.1, -0.05) is 19.1 Å². The van der Waals surface area contributed by atoms with Gasteiger partial charge in [0.15, 0.2) is 0 Å². The van der Waals surface area contributed by atoms with Crippen LogP contribution in [0.4, 0.5) is 0 Å². The standard InChI is InChI=1S/C8H16O2/c1-3-8(10-2)6-4-5-7-9/h4-5,8-9H,3,6-7H2,1-2H3. The predicted octanol–water partition coefficient (Wildman–Crippen LogP) is 1.35. The van der Waals surface area contributed by atoms with Crippen LogP contribution < -0.4 is 0 Å². The van der Waals surface area contributed by atoms with Crippen LogP contribution in [-0.2, 0) is 4.74 Å². The van der Waals surface area contributed by atoms with Crippen molar-refractivity contribution >= 4 is 0 Å². The molecule has 0 aromatic heterocycles. The van der Waals surface area contributed by atoms with Crippen LogP contribution in [0.5, 0.6) is 0 Å². The lowest BCUT2D eigenvalue weighted by Crippen LogP contribution is -2.06. The van der Waals surface area contributed by atoms with Gasteiger partial charge >= 0.3 is 0 Å². The number of ether oxygens (including phenoxy) is 1. The maximum atomic E-state index is 8.40. The second-order valence-corrected chi connectivity index (χ2v) is 2.16. The molecule has 0 aromatic rings. The molecular weight excluding hydrogens is 128 g/mol. The third kappa shape index (κ3) is 4.53. The highest BCUT2D eigenvalue weighted by atomic mass is 16.5. The van der Waals surface area contributed by atoms with Crippen LogP contribution in [0.25, 0.3) is 0 Å². The first-order valence-electron chi connectivity index (χ1n) is 3.63. The minimum Gasteiger partial charge on any atom is -0.392 e. The van der Waals surface area contributed by atoms with Crippen LogP contribution in [0.3, 0.4) is 0 Å². The first-order chi connectivity index (χ1) is 4.85. The summed E-state index contributed by atoms with van der Waals surface area (Å²) in [4.78, 5) is 0. The molecule has 1 N–H and O–H groups in total. The number of hydrogen-bond acceptors (Lipinski definition) is 2. The van der Waals surface area contributed by atoms with E-state index in [0.29, 0.717) is 6.10 Å². The molecule has 2 nitrogen and oxygen atoms in total. The third-order valence-electron chi connectivity index (χ3n) is 1.46. The van der Waals surface area contributed by atoms with Gasteiger partial charge in [-0.3, -0.25) is 0 Å². The van der Waals surface area contributed by atoms with Crippen LogP contribution in [0.1, 0.15) is 19.8 Å². The SMILES string of the molecule is CCC(CC=CCO)OC. The maximum absolute atomic E-state index is 8.40. The summed E-state index contributed by atoms with van der Waals surface area (Å²) in [5.74, 6) is 0. The lowest BCUT2D eigenvalue weighted by atomic mass is 10.2. The smallest absolute Gasteiger partial charge is 0.0612 e. The van der Waals surface area contributed by atoms with Gasteiger partial charge in [-0.25, -0.2) is 0 Å². The van der Waals surface area contributed by atoms with Crippen molar-refractivity contribution in [1.82, 2.24) is 0 Å². The fourth-order valence-electron chi connectivity index (χ4n) is 0.752. The Kier molecular flexibility index (Phi) is 6.55. The van der Waals surface area contributed by atoms with E-state index < -0.39 is 0 Å². The molecule has 10 heavy (non-hydrogen) atoms. The van der Waals surface area contributed by atoms with Gasteiger partial charge < -0.3 is 9.84 Å². The van der Waals surface area contributed by atoms with Crippen LogP contribution in [0.2, 0.25) is 0 Å². The highest BCUT2D eigenvalue weighted by molar-refractivity contribution is 4.83. The lowest BCUT2D eigenvalue weighted by Gasteiger charge is -2.08. The van der Waals surface area contributed by atoms with Crippen LogP contribution >= 0.6 is 0 Å². The van der Waals surface area contributed by atoms with Gasteiger partial charge in [0.2, 0.25) is 0 Å². The minimum absolute atomic E-state index is 0.125. The fourth-order valence-corrected chi connectivity index (χ4v) is 0.752. The average molecular weight is 144 g/mol. The minimum atomic E-state index is 0.125. The molecule has 0 heterocycles. The molecule has 0 rings (SSSR count). The van der Waals surface area contributed by atoms with Crippen molar-refractivity contribution < 1.29 is 9.84 Å². The van der Waals surface area contributed by atoms with E-state index >= 15 is 0 Å². The highest BCUT2D eigenvalue weighted by Gasteiger charge is 1.98. The van der Waals surface area contributed by atoms with E-state index in [-0.39, 0.29) is 6.61 Å². The van der Waals surface area contributed by atoms with Crippen molar-refractivity contribution in [1.29, 1.82) is 0 Å². The van der Waals surface area contributed by atoms with Crippen molar-refractivity contribution in [3.05, 3.63) is 12.2 Å². The second-order valence-electron chi connectivity index (χ2n) is 2.16. The number of aliphatic hydroxyl groups excluding tert-OH is 1. The second kappa shape index (κ2) is 6.78. The van der Waals surface area contributed by atoms with E-state index in [1.54, 1.807) is 13.2 Å². The van der Waals surface area contributed by atoms with Crippen molar-refractivity contribution in [2.45, 2.75) is 25.9 Å². The Labute approximate surface area is 62.5 Å². The highest BCUT2D eigenvalue weighted by Crippen LogP contribution is 2.01. The molecule has 1 atom stereocenters. The number of methoxy groups -OCH3 is 1. The predicted molar refractivity (Wildman–Crippen MR) is 41.9 cm³/mol. The molecule has 0 aromatic carbocycles. The number of hydrogen-bond donors (Lipinski definition) is 1. The van der Waals surface area contributed by atoms with E-state index in [0.717, 1.165) is 12.8 Å². The molecule has 0 fully saturated rings. The molecule has 1 unspecified atom stereocenters. The first-order valence-corrected chi connectivity index (χ1v) is 3.63. The van der Waals surface area contributed by atoms with Gasteiger partial charge in [0.1, 0.15) is 0 Å². The molecule has 0 amide bonds. The molecule has 2 heteroatoms. The van der Waals surface area contributed by atoms with Gasteiger partial charge in [-0.05, 0) is 12.8 Å². The van der Waals surface area contributed by atoms with Crippen LogP contribution in [0.15, 0.2) is 12.2 Å². The summed E-state index contributed by atoms with van der Waals surface area (Å²) in [6.45, 7) is 2.21. The Balaban J connectivity index is 3.34. The summed E-state index contributed by atoms with van der Waals surface area (Å²) in [7, 11) is 1.71. The van der Waals surface area contributed by atoms with Gasteiger partial charge in [-0.15, -0.1) is 0 Å². The maximum Gasteiger partial charge on any atom is 0.0612 e. The largest absolute Gasteiger partial charge is 0.392 e. The Hall–Kier alpha value is -0.340. The van der Waals surface area contributed by atoms with E-state index in [1.165, 1.54) is 0 Å². The summed E-state index contributed by atoms with van der Waals surface area (Å²) < 4.78 is 5.11. The number of aliphatic hydroxyl groups is 1. The monoisotopic (exact) mass is 144 g/mol. The molecule has 0 aliphatic carbocycles. The average Bonchev–Trinajstić information content (AvgIpc) is 1.99. The van der Waals surface area contributed by atoms with E-state index in [1.807, 2.05) is 6.08 Å². The van der Waals surface area contributed by atoms with Gasteiger partial charge in [-0.2, -0.15) is 0 Å². The van der Waals surface area contributed by atoms with Crippen LogP contribution in [-0.4, -0.2) is 24.9 Å². The van der Waals surface area contributed by atoms with Gasteiger partial charge in [0.25, 0.3) is 0 Å². The van der Waals surface area contributed by atoms with E-state index in [4.69, 9.17) is 9.84 Å². The van der Waals surface area contributed by atoms with Crippen molar-refractivity contribution in [2.24, 2.45) is 0 Å². The fraction of sp³-hybridized carbons (Fsp3) is 0.750. The van der Waals surface area contributed by atoms with Crippen molar-refractivity contribution in [3.8, 4) is 0 Å². The van der Waals surface area contributed by atoms with Gasteiger partial charge in [0, 0.05) is 7.11 Å². The zero-order chi connectivity index (χ0) is 7.82. The molecule has 0 aliphatic rings. The first kappa shape index (κ1) is 9.66. The summed E-state index contributed by atoms with van der Waals surface area (Å²) in [5.41, 5.74) is 0. The lowest BCUT2D eigenvalue weighted by molar-refractivity contribution is 0.102. The summed E-state index contributed by atoms with van der Waals surface area (Å²) in [5, 5.41) is 8.40. The summed E-state index contributed by atoms with van der Waals surface area (Å²) in [6, 6.07) is 0. The Morgan fingerprint density at radius 3 is 2.60 bits per heavy atom. The molecule has 60 valence electrons. The third-order valence-corrected chi connectivity index (χ3v) is 1.46. The molecule has 0 saturated heterocycles. The number of rotatable bonds is 5. The zero-order valence-electron chi connectivity index (χ0n) is 6.71. The van der Waals surface area contributed by atoms with Crippen LogP contribution in [0, 0.1) is 0 Å². The topological polar surface area (TPSA) is 29.5 Å². The summed E-state index contributed by atoms with van der Waals surface area (Å²) >= 11 is 0. The molecule has 0 radical (unpaired) electrons. The zero-order valence-corrected chi connectivity index (χ0v) is 6.71. The normalized spacial score (nSPS) is 14.3. The molecule has 0 saturated carbocycles. The van der Waals surface area contributed by atoms with Crippen molar-refractivity contribution in [2.75, 3.05) is 13.7 Å². The molecule has 0 bridgehead atoms. The molecular formula is C8H16O2. The quantitative estimate of drug-likeness (QED) is 0.590. The van der Waals surface area contributed by atoms with E-state index in [2.05, 4.69) is 6.92 Å². The van der Waals surface area contributed by atoms with Gasteiger partial charge in [0.05, 0.1) is 12.7 Å². The van der Waals surface area contributed by atoms with E-state index in [9.17, 15) is 0 Å². The molecule has 0 aliphatic heterocycles. The Bertz CT molecular complexity index is 85.3. The molecule has 0 spiro atoms.